The minimum absolute atomic E-state index is 0.225. The Kier molecular flexibility index (Phi) is 2.31. The lowest BCUT2D eigenvalue weighted by molar-refractivity contribution is 0.0994. The number of Topliss-reactive ketones (excluding diaryl/α,β-unsaturated/α-hetero) is 1. The Bertz CT molecular complexity index is 437. The van der Waals surface area contributed by atoms with E-state index in [1.165, 1.54) is 0 Å². The molecule has 0 radical (unpaired) electrons. The highest BCUT2D eigenvalue weighted by molar-refractivity contribution is 6.01. The summed E-state index contributed by atoms with van der Waals surface area (Å²) < 4.78 is 11.3. The van der Waals surface area contributed by atoms with E-state index in [2.05, 4.69) is 0 Å². The van der Waals surface area contributed by atoms with E-state index >= 15 is 0 Å². The number of rotatable bonds is 0. The lowest BCUT2D eigenvalue weighted by Crippen LogP contribution is -2.09. The second-order valence-corrected chi connectivity index (χ2v) is 4.28. The highest BCUT2D eigenvalue weighted by atomic mass is 16.5. The molecular weight excluding hydrogens is 204 g/mol. The molecule has 0 aromatic heterocycles. The molecule has 0 bridgehead atoms. The van der Waals surface area contributed by atoms with Gasteiger partial charge in [0, 0.05) is 12.0 Å². The summed E-state index contributed by atoms with van der Waals surface area (Å²) in [6.45, 7) is 1.45. The predicted octanol–water partition coefficient (Wildman–Crippen LogP) is 2.37. The molecule has 0 spiro atoms. The lowest BCUT2D eigenvalue weighted by atomic mass is 10.1. The zero-order valence-corrected chi connectivity index (χ0v) is 9.12. The van der Waals surface area contributed by atoms with Gasteiger partial charge in [-0.15, -0.1) is 0 Å². The quantitative estimate of drug-likeness (QED) is 0.670. The van der Waals surface area contributed by atoms with Crippen LogP contribution >= 0.6 is 0 Å². The van der Waals surface area contributed by atoms with Crippen LogP contribution in [0.5, 0.6) is 11.5 Å². The topological polar surface area (TPSA) is 35.5 Å². The average molecular weight is 218 g/mol. The highest BCUT2D eigenvalue weighted by Gasteiger charge is 2.23. The summed E-state index contributed by atoms with van der Waals surface area (Å²) in [7, 11) is 0. The molecule has 1 aliphatic carbocycles. The molecule has 0 saturated carbocycles. The van der Waals surface area contributed by atoms with Gasteiger partial charge in [0.2, 0.25) is 0 Å². The first-order valence-electron chi connectivity index (χ1n) is 5.80. The Labute approximate surface area is 94.4 Å². The zero-order valence-electron chi connectivity index (χ0n) is 9.12. The van der Waals surface area contributed by atoms with E-state index in [1.807, 2.05) is 12.1 Å². The largest absolute Gasteiger partial charge is 0.490 e. The smallest absolute Gasteiger partial charge is 0.163 e. The van der Waals surface area contributed by atoms with Crippen LogP contribution in [0.4, 0.5) is 0 Å². The molecule has 0 amide bonds. The maximum absolute atomic E-state index is 11.6. The van der Waals surface area contributed by atoms with Gasteiger partial charge >= 0.3 is 0 Å². The predicted molar refractivity (Wildman–Crippen MR) is 59.3 cm³/mol. The van der Waals surface area contributed by atoms with Crippen molar-refractivity contribution in [2.75, 3.05) is 13.2 Å². The van der Waals surface area contributed by atoms with Crippen molar-refractivity contribution in [1.29, 1.82) is 0 Å². The Morgan fingerprint density at radius 3 is 2.38 bits per heavy atom. The first-order chi connectivity index (χ1) is 7.84. The van der Waals surface area contributed by atoms with Gasteiger partial charge in [0.1, 0.15) is 0 Å². The summed E-state index contributed by atoms with van der Waals surface area (Å²) in [5.41, 5.74) is 1.93. The molecule has 0 N–H and O–H groups in total. The summed E-state index contributed by atoms with van der Waals surface area (Å²) in [5.74, 6) is 1.75. The first-order valence-corrected chi connectivity index (χ1v) is 5.80. The van der Waals surface area contributed by atoms with Crippen LogP contribution in [-0.2, 0) is 6.42 Å². The monoisotopic (exact) mass is 218 g/mol. The number of fused-ring (bicyclic) bond motifs is 2. The van der Waals surface area contributed by atoms with Gasteiger partial charge in [-0.1, -0.05) is 0 Å². The van der Waals surface area contributed by atoms with Gasteiger partial charge in [-0.05, 0) is 37.0 Å². The Hall–Kier alpha value is -1.51. The van der Waals surface area contributed by atoms with Crippen molar-refractivity contribution in [2.45, 2.75) is 25.7 Å². The number of aryl methyl sites for hydroxylation is 1. The SMILES string of the molecule is O=C1CCc2cc3c(cc21)OCCCCO3. The van der Waals surface area contributed by atoms with E-state index < -0.39 is 0 Å². The Balaban J connectivity index is 2.03. The normalized spacial score (nSPS) is 18.9. The van der Waals surface area contributed by atoms with Crippen LogP contribution in [0.3, 0.4) is 0 Å². The van der Waals surface area contributed by atoms with Crippen LogP contribution in [0, 0.1) is 0 Å². The van der Waals surface area contributed by atoms with Gasteiger partial charge in [0.25, 0.3) is 0 Å². The number of hydrogen-bond donors (Lipinski definition) is 0. The van der Waals surface area contributed by atoms with E-state index in [-0.39, 0.29) is 5.78 Å². The standard InChI is InChI=1S/C13H14O3/c14-11-4-3-9-7-12-13(8-10(9)11)16-6-2-1-5-15-12/h7-8H,1-6H2. The van der Waals surface area contributed by atoms with Crippen molar-refractivity contribution in [3.8, 4) is 11.5 Å². The molecule has 84 valence electrons. The highest BCUT2D eigenvalue weighted by Crippen LogP contribution is 2.36. The fraction of sp³-hybridized carbons (Fsp3) is 0.462. The maximum Gasteiger partial charge on any atom is 0.163 e. The molecule has 0 atom stereocenters. The molecule has 0 fully saturated rings. The molecule has 3 nitrogen and oxygen atoms in total. The molecule has 3 heteroatoms. The van der Waals surface area contributed by atoms with Gasteiger partial charge in [0.15, 0.2) is 17.3 Å². The van der Waals surface area contributed by atoms with Crippen molar-refractivity contribution < 1.29 is 14.3 Å². The molecule has 3 rings (SSSR count). The zero-order chi connectivity index (χ0) is 11.0. The van der Waals surface area contributed by atoms with Crippen molar-refractivity contribution in [3.63, 3.8) is 0 Å². The minimum Gasteiger partial charge on any atom is -0.490 e. The minimum atomic E-state index is 0.225. The van der Waals surface area contributed by atoms with Gasteiger partial charge in [-0.25, -0.2) is 0 Å². The molecule has 0 saturated heterocycles. The maximum atomic E-state index is 11.6. The molecule has 1 aromatic rings. The fourth-order valence-corrected chi connectivity index (χ4v) is 2.25. The van der Waals surface area contributed by atoms with Gasteiger partial charge < -0.3 is 9.47 Å². The molecule has 1 aromatic carbocycles. The van der Waals surface area contributed by atoms with E-state index in [0.29, 0.717) is 13.0 Å². The van der Waals surface area contributed by atoms with Crippen molar-refractivity contribution in [1.82, 2.24) is 0 Å². The van der Waals surface area contributed by atoms with E-state index in [0.717, 1.165) is 48.5 Å². The summed E-state index contributed by atoms with van der Waals surface area (Å²) >= 11 is 0. The lowest BCUT2D eigenvalue weighted by Gasteiger charge is -2.17. The van der Waals surface area contributed by atoms with Crippen LogP contribution < -0.4 is 9.47 Å². The molecule has 16 heavy (non-hydrogen) atoms. The van der Waals surface area contributed by atoms with Gasteiger partial charge in [-0.3, -0.25) is 4.79 Å². The van der Waals surface area contributed by atoms with Crippen LogP contribution in [0.2, 0.25) is 0 Å². The summed E-state index contributed by atoms with van der Waals surface area (Å²) in [6.07, 6.45) is 3.49. The summed E-state index contributed by atoms with van der Waals surface area (Å²) in [5, 5.41) is 0. The number of carbonyl (C=O) groups is 1. The van der Waals surface area contributed by atoms with E-state index in [4.69, 9.17) is 9.47 Å². The molecule has 1 heterocycles. The second kappa shape index (κ2) is 3.81. The van der Waals surface area contributed by atoms with Gasteiger partial charge in [0.05, 0.1) is 13.2 Å². The number of carbonyl (C=O) groups excluding carboxylic acids is 1. The average Bonchev–Trinajstić information content (AvgIpc) is 2.60. The van der Waals surface area contributed by atoms with Crippen LogP contribution in [-0.4, -0.2) is 19.0 Å². The number of hydrogen-bond acceptors (Lipinski definition) is 3. The summed E-state index contributed by atoms with van der Waals surface area (Å²) in [4.78, 5) is 11.6. The third-order valence-electron chi connectivity index (χ3n) is 3.15. The fourth-order valence-electron chi connectivity index (χ4n) is 2.25. The number of ether oxygens (including phenoxy) is 2. The van der Waals surface area contributed by atoms with Crippen molar-refractivity contribution in [3.05, 3.63) is 23.3 Å². The number of ketones is 1. The van der Waals surface area contributed by atoms with Gasteiger partial charge in [-0.2, -0.15) is 0 Å². The Morgan fingerprint density at radius 1 is 0.938 bits per heavy atom. The Morgan fingerprint density at radius 2 is 1.62 bits per heavy atom. The van der Waals surface area contributed by atoms with E-state index in [1.54, 1.807) is 0 Å². The third-order valence-corrected chi connectivity index (χ3v) is 3.15. The van der Waals surface area contributed by atoms with Crippen LogP contribution in [0.1, 0.15) is 35.2 Å². The molecular formula is C13H14O3. The van der Waals surface area contributed by atoms with Crippen LogP contribution in [0.25, 0.3) is 0 Å². The van der Waals surface area contributed by atoms with Crippen molar-refractivity contribution >= 4 is 5.78 Å². The molecule has 0 unspecified atom stereocenters. The number of benzene rings is 1. The molecule has 2 aliphatic rings. The molecule has 1 aliphatic heterocycles. The van der Waals surface area contributed by atoms with Crippen molar-refractivity contribution in [2.24, 2.45) is 0 Å². The van der Waals surface area contributed by atoms with E-state index in [9.17, 15) is 4.79 Å². The summed E-state index contributed by atoms with van der Waals surface area (Å²) in [6, 6.07) is 3.83. The first kappa shape index (κ1) is 9.70. The second-order valence-electron chi connectivity index (χ2n) is 4.28. The van der Waals surface area contributed by atoms with Crippen LogP contribution in [0.15, 0.2) is 12.1 Å². The third kappa shape index (κ3) is 1.56.